The van der Waals surface area contributed by atoms with Gasteiger partial charge in [-0.2, -0.15) is 0 Å². The number of carbonyl (C=O) groups excluding carboxylic acids is 2. The first-order valence-electron chi connectivity index (χ1n) is 10.0. The SMILES string of the molecule is C[C@H](C(=O)NC(=O)NC12CC3CC(CC(C3)C1)C2)[NH+]1CCCCC1. The van der Waals surface area contributed by atoms with Gasteiger partial charge < -0.3 is 10.2 Å². The third kappa shape index (κ3) is 3.19. The molecule has 0 unspecified atom stereocenters. The van der Waals surface area contributed by atoms with E-state index < -0.39 is 0 Å². The van der Waals surface area contributed by atoms with Crippen molar-refractivity contribution in [3.05, 3.63) is 0 Å². The molecule has 0 spiro atoms. The van der Waals surface area contributed by atoms with Gasteiger partial charge in [0.1, 0.15) is 0 Å². The average molecular weight is 334 g/mol. The van der Waals surface area contributed by atoms with Crippen molar-refractivity contribution in [1.82, 2.24) is 10.6 Å². The minimum absolute atomic E-state index is 0.0274. The van der Waals surface area contributed by atoms with Crippen LogP contribution in [0.3, 0.4) is 0 Å². The minimum Gasteiger partial charge on any atom is -0.332 e. The van der Waals surface area contributed by atoms with Crippen LogP contribution in [0.4, 0.5) is 4.79 Å². The lowest BCUT2D eigenvalue weighted by molar-refractivity contribution is -0.918. The summed E-state index contributed by atoms with van der Waals surface area (Å²) in [5.74, 6) is 2.27. The molecule has 134 valence electrons. The zero-order valence-corrected chi connectivity index (χ0v) is 14.9. The van der Waals surface area contributed by atoms with Gasteiger partial charge in [0.25, 0.3) is 5.91 Å². The molecule has 0 aromatic rings. The van der Waals surface area contributed by atoms with Gasteiger partial charge in [-0.15, -0.1) is 0 Å². The number of imide groups is 1. The fraction of sp³-hybridized carbons (Fsp3) is 0.895. The molecule has 1 saturated heterocycles. The van der Waals surface area contributed by atoms with Crippen molar-refractivity contribution in [1.29, 1.82) is 0 Å². The van der Waals surface area contributed by atoms with Crippen LogP contribution in [0.15, 0.2) is 0 Å². The quantitative estimate of drug-likeness (QED) is 0.727. The van der Waals surface area contributed by atoms with Gasteiger partial charge in [-0.05, 0) is 82.5 Å². The second-order valence-corrected chi connectivity index (χ2v) is 9.08. The van der Waals surface area contributed by atoms with E-state index in [2.05, 4.69) is 10.6 Å². The number of amides is 3. The van der Waals surface area contributed by atoms with E-state index in [4.69, 9.17) is 0 Å². The molecule has 1 atom stereocenters. The first kappa shape index (κ1) is 16.4. The number of hydrogen-bond acceptors (Lipinski definition) is 2. The summed E-state index contributed by atoms with van der Waals surface area (Å²) in [5, 5.41) is 5.88. The third-order valence-electron chi connectivity index (χ3n) is 7.16. The number of likely N-dealkylation sites (tertiary alicyclic amines) is 1. The predicted molar refractivity (Wildman–Crippen MR) is 91.6 cm³/mol. The summed E-state index contributed by atoms with van der Waals surface area (Å²) in [4.78, 5) is 26.2. The molecule has 3 amide bonds. The molecule has 5 nitrogen and oxygen atoms in total. The minimum atomic E-state index is -0.259. The molecule has 4 saturated carbocycles. The first-order valence-corrected chi connectivity index (χ1v) is 10.0. The normalized spacial score (nSPS) is 39.5. The molecule has 3 N–H and O–H groups in total. The van der Waals surface area contributed by atoms with Gasteiger partial charge in [0.05, 0.1) is 13.1 Å². The summed E-state index contributed by atoms with van der Waals surface area (Å²) < 4.78 is 0. The molecular formula is C19H32N3O2+. The van der Waals surface area contributed by atoms with E-state index in [1.807, 2.05) is 6.92 Å². The van der Waals surface area contributed by atoms with Crippen LogP contribution >= 0.6 is 0 Å². The monoisotopic (exact) mass is 334 g/mol. The summed E-state index contributed by atoms with van der Waals surface area (Å²) in [6, 6.07) is -0.391. The Labute approximate surface area is 144 Å². The summed E-state index contributed by atoms with van der Waals surface area (Å²) in [7, 11) is 0. The predicted octanol–water partition coefficient (Wildman–Crippen LogP) is 1.24. The Morgan fingerprint density at radius 2 is 1.50 bits per heavy atom. The Balaban J connectivity index is 1.32. The van der Waals surface area contributed by atoms with E-state index >= 15 is 0 Å². The lowest BCUT2D eigenvalue weighted by atomic mass is 9.53. The zero-order chi connectivity index (χ0) is 16.7. The smallest absolute Gasteiger partial charge is 0.322 e. The molecule has 5 heteroatoms. The molecule has 0 aromatic heterocycles. The number of urea groups is 1. The van der Waals surface area contributed by atoms with Crippen LogP contribution < -0.4 is 15.5 Å². The van der Waals surface area contributed by atoms with Crippen LogP contribution in [0, 0.1) is 17.8 Å². The van der Waals surface area contributed by atoms with Crippen molar-refractivity contribution in [2.24, 2.45) is 17.8 Å². The molecule has 1 aliphatic heterocycles. The van der Waals surface area contributed by atoms with Crippen LogP contribution in [0.1, 0.15) is 64.7 Å². The van der Waals surface area contributed by atoms with Gasteiger partial charge in [0.2, 0.25) is 0 Å². The van der Waals surface area contributed by atoms with E-state index in [0.717, 1.165) is 50.1 Å². The summed E-state index contributed by atoms with van der Waals surface area (Å²) in [6.07, 6.45) is 11.1. The van der Waals surface area contributed by atoms with Crippen molar-refractivity contribution in [3.8, 4) is 0 Å². The molecule has 4 aliphatic carbocycles. The van der Waals surface area contributed by atoms with Gasteiger partial charge >= 0.3 is 6.03 Å². The van der Waals surface area contributed by atoms with Crippen molar-refractivity contribution < 1.29 is 14.5 Å². The van der Waals surface area contributed by atoms with E-state index in [-0.39, 0.29) is 23.5 Å². The van der Waals surface area contributed by atoms with Crippen LogP contribution in [0.2, 0.25) is 0 Å². The number of piperidine rings is 1. The standard InChI is InChI=1S/C19H31N3O2/c1-13(22-5-3-2-4-6-22)17(23)20-18(24)21-19-10-14-7-15(11-19)9-16(8-14)12-19/h13-16H,2-12H2,1H3,(H2,20,21,23,24)/p+1/t13-,14?,15?,16?,19?/m1/s1. The number of rotatable bonds is 3. The molecule has 4 bridgehead atoms. The second kappa shape index (κ2) is 6.32. The molecule has 5 aliphatic rings. The molecule has 0 aromatic carbocycles. The van der Waals surface area contributed by atoms with Gasteiger partial charge in [-0.1, -0.05) is 0 Å². The topological polar surface area (TPSA) is 62.6 Å². The summed E-state index contributed by atoms with van der Waals surface area (Å²) in [6.45, 7) is 4.05. The molecule has 24 heavy (non-hydrogen) atoms. The number of nitrogens with one attached hydrogen (secondary N) is 3. The Hall–Kier alpha value is -1.10. The largest absolute Gasteiger partial charge is 0.332 e. The Bertz CT molecular complexity index is 477. The summed E-state index contributed by atoms with van der Waals surface area (Å²) in [5.41, 5.74) is -0.0274. The Morgan fingerprint density at radius 1 is 0.958 bits per heavy atom. The summed E-state index contributed by atoms with van der Waals surface area (Å²) >= 11 is 0. The molecule has 1 heterocycles. The zero-order valence-electron chi connectivity index (χ0n) is 14.9. The van der Waals surface area contributed by atoms with E-state index in [1.54, 1.807) is 0 Å². The van der Waals surface area contributed by atoms with Crippen molar-refractivity contribution in [2.45, 2.75) is 76.3 Å². The van der Waals surface area contributed by atoms with Gasteiger partial charge in [0.15, 0.2) is 6.04 Å². The van der Waals surface area contributed by atoms with E-state index in [9.17, 15) is 9.59 Å². The van der Waals surface area contributed by atoms with Crippen LogP contribution in [0.25, 0.3) is 0 Å². The van der Waals surface area contributed by atoms with Crippen molar-refractivity contribution in [2.75, 3.05) is 13.1 Å². The van der Waals surface area contributed by atoms with Crippen LogP contribution in [0.5, 0.6) is 0 Å². The fourth-order valence-corrected chi connectivity index (χ4v) is 6.38. The maximum Gasteiger partial charge on any atom is 0.322 e. The third-order valence-corrected chi connectivity index (χ3v) is 7.16. The highest BCUT2D eigenvalue weighted by molar-refractivity contribution is 5.96. The highest BCUT2D eigenvalue weighted by Gasteiger charge is 2.51. The average Bonchev–Trinajstić information content (AvgIpc) is 2.53. The lowest BCUT2D eigenvalue weighted by Gasteiger charge is -2.56. The molecule has 5 rings (SSSR count). The first-order chi connectivity index (χ1) is 11.5. The number of carbonyl (C=O) groups is 2. The van der Waals surface area contributed by atoms with E-state index in [0.29, 0.717) is 0 Å². The number of hydrogen-bond donors (Lipinski definition) is 3. The van der Waals surface area contributed by atoms with Crippen molar-refractivity contribution >= 4 is 11.9 Å². The molecular weight excluding hydrogens is 302 g/mol. The van der Waals surface area contributed by atoms with Gasteiger partial charge in [-0.3, -0.25) is 10.1 Å². The Morgan fingerprint density at radius 3 is 2.04 bits per heavy atom. The highest BCUT2D eigenvalue weighted by atomic mass is 16.2. The second-order valence-electron chi connectivity index (χ2n) is 9.08. The highest BCUT2D eigenvalue weighted by Crippen LogP contribution is 2.55. The van der Waals surface area contributed by atoms with E-state index in [1.165, 1.54) is 43.4 Å². The maximum absolute atomic E-state index is 12.5. The van der Waals surface area contributed by atoms with Crippen molar-refractivity contribution in [3.63, 3.8) is 0 Å². The van der Waals surface area contributed by atoms with Crippen LogP contribution in [-0.2, 0) is 4.79 Å². The Kier molecular flexibility index (Phi) is 4.31. The van der Waals surface area contributed by atoms with Gasteiger partial charge in [-0.25, -0.2) is 4.79 Å². The lowest BCUT2D eigenvalue weighted by Crippen LogP contribution is -3.17. The maximum atomic E-state index is 12.5. The van der Waals surface area contributed by atoms with Gasteiger partial charge in [0, 0.05) is 5.54 Å². The fourth-order valence-electron chi connectivity index (χ4n) is 6.38. The number of quaternary nitrogens is 1. The molecule has 5 fully saturated rings. The van der Waals surface area contributed by atoms with Crippen LogP contribution in [-0.4, -0.2) is 36.6 Å². The molecule has 0 radical (unpaired) electrons.